The largest absolute Gasteiger partial charge is 0.356 e. The molecule has 0 heterocycles. The summed E-state index contributed by atoms with van der Waals surface area (Å²) in [5, 5.41) is 2.64. The smallest absolute Gasteiger partial charge is 0.216 e. The van der Waals surface area contributed by atoms with E-state index in [1.807, 2.05) is 0 Å². The van der Waals surface area contributed by atoms with Crippen molar-refractivity contribution in [1.29, 1.82) is 0 Å². The van der Waals surface area contributed by atoms with Crippen molar-refractivity contribution in [1.82, 2.24) is 5.32 Å². The summed E-state index contributed by atoms with van der Waals surface area (Å²) in [5.74, 6) is -0.549. The predicted octanol–water partition coefficient (Wildman–Crippen LogP) is 2.57. The number of ketones is 1. The first-order valence-corrected chi connectivity index (χ1v) is 5.72. The monoisotopic (exact) mass is 249 g/mol. The second-order valence-corrected chi connectivity index (χ2v) is 3.97. The zero-order chi connectivity index (χ0) is 13.5. The van der Waals surface area contributed by atoms with Crippen molar-refractivity contribution in [2.75, 3.05) is 6.54 Å². The van der Waals surface area contributed by atoms with Gasteiger partial charge < -0.3 is 5.32 Å². The molecule has 0 aliphatic carbocycles. The van der Waals surface area contributed by atoms with Crippen molar-refractivity contribution in [2.45, 2.75) is 20.3 Å². The van der Waals surface area contributed by atoms with E-state index in [2.05, 4.69) is 5.32 Å². The van der Waals surface area contributed by atoms with Gasteiger partial charge in [0, 0.05) is 24.6 Å². The lowest BCUT2D eigenvalue weighted by Gasteiger charge is -2.01. The minimum Gasteiger partial charge on any atom is -0.356 e. The average molecular weight is 249 g/mol. The summed E-state index contributed by atoms with van der Waals surface area (Å²) in [6, 6.07) is 4.27. The van der Waals surface area contributed by atoms with Crippen LogP contribution in [0.1, 0.15) is 36.2 Å². The minimum atomic E-state index is -0.365. The van der Waals surface area contributed by atoms with Crippen LogP contribution < -0.4 is 5.32 Å². The molecule has 4 heteroatoms. The first-order valence-electron chi connectivity index (χ1n) is 5.72. The molecule has 0 aliphatic rings. The Hall–Kier alpha value is -1.97. The van der Waals surface area contributed by atoms with Gasteiger partial charge in [-0.25, -0.2) is 4.39 Å². The van der Waals surface area contributed by atoms with Crippen LogP contribution in [0.3, 0.4) is 0 Å². The highest BCUT2D eigenvalue weighted by Gasteiger charge is 2.03. The molecule has 0 unspecified atom stereocenters. The summed E-state index contributed by atoms with van der Waals surface area (Å²) in [7, 11) is 0. The summed E-state index contributed by atoms with van der Waals surface area (Å²) in [5.41, 5.74) is 0.864. The van der Waals surface area contributed by atoms with Crippen LogP contribution in [-0.4, -0.2) is 18.2 Å². The van der Waals surface area contributed by atoms with E-state index in [9.17, 15) is 14.0 Å². The maximum atomic E-state index is 13.4. The zero-order valence-electron chi connectivity index (χ0n) is 10.5. The van der Waals surface area contributed by atoms with Crippen molar-refractivity contribution in [2.24, 2.45) is 0 Å². The van der Waals surface area contributed by atoms with Crippen LogP contribution in [-0.2, 0) is 4.79 Å². The molecule has 0 aromatic heterocycles. The van der Waals surface area contributed by atoms with Crippen molar-refractivity contribution >= 4 is 17.8 Å². The Morgan fingerprint density at radius 3 is 2.67 bits per heavy atom. The number of hydrogen-bond donors (Lipinski definition) is 1. The maximum absolute atomic E-state index is 13.4. The van der Waals surface area contributed by atoms with Gasteiger partial charge in [-0.05, 0) is 31.5 Å². The third-order valence-corrected chi connectivity index (χ3v) is 2.38. The fraction of sp³-hybridized carbons (Fsp3) is 0.286. The third kappa shape index (κ3) is 4.49. The predicted molar refractivity (Wildman–Crippen MR) is 68.7 cm³/mol. The molecular formula is C14H16FNO2. The zero-order valence-corrected chi connectivity index (χ0v) is 10.5. The summed E-state index contributed by atoms with van der Waals surface area (Å²) < 4.78 is 13.4. The molecule has 96 valence electrons. The first-order chi connectivity index (χ1) is 8.50. The van der Waals surface area contributed by atoms with Crippen LogP contribution in [0.4, 0.5) is 4.39 Å². The van der Waals surface area contributed by atoms with E-state index in [0.29, 0.717) is 24.1 Å². The number of hydrogen-bond acceptors (Lipinski definition) is 2. The van der Waals surface area contributed by atoms with Crippen molar-refractivity contribution in [3.63, 3.8) is 0 Å². The van der Waals surface area contributed by atoms with Crippen LogP contribution in [0.5, 0.6) is 0 Å². The highest BCUT2D eigenvalue weighted by Crippen LogP contribution is 2.13. The van der Waals surface area contributed by atoms with E-state index in [4.69, 9.17) is 0 Å². The van der Waals surface area contributed by atoms with E-state index in [-0.39, 0.29) is 17.5 Å². The lowest BCUT2D eigenvalue weighted by atomic mass is 10.1. The Labute approximate surface area is 106 Å². The number of amides is 1. The van der Waals surface area contributed by atoms with Gasteiger partial charge in [0.25, 0.3) is 0 Å². The van der Waals surface area contributed by atoms with Gasteiger partial charge in [-0.3, -0.25) is 9.59 Å². The molecule has 1 aromatic rings. The Kier molecular flexibility index (Phi) is 5.24. The number of carbonyl (C=O) groups excluding carboxylic acids is 2. The van der Waals surface area contributed by atoms with Crippen LogP contribution >= 0.6 is 0 Å². The summed E-state index contributed by atoms with van der Waals surface area (Å²) >= 11 is 0. The number of halogens is 1. The lowest BCUT2D eigenvalue weighted by Crippen LogP contribution is -2.20. The molecule has 1 aromatic carbocycles. The Morgan fingerprint density at radius 2 is 2.06 bits per heavy atom. The van der Waals surface area contributed by atoms with Crippen molar-refractivity contribution < 1.29 is 14.0 Å². The quantitative estimate of drug-likeness (QED) is 0.644. The Bertz CT molecular complexity index is 481. The van der Waals surface area contributed by atoms with Gasteiger partial charge in [-0.15, -0.1) is 0 Å². The fourth-order valence-electron chi connectivity index (χ4n) is 1.43. The van der Waals surface area contributed by atoms with E-state index in [1.165, 1.54) is 32.0 Å². The normalized spacial score (nSPS) is 10.6. The molecule has 0 bridgehead atoms. The molecule has 0 spiro atoms. The van der Waals surface area contributed by atoms with Crippen LogP contribution in [0.2, 0.25) is 0 Å². The molecule has 0 radical (unpaired) electrons. The topological polar surface area (TPSA) is 46.2 Å². The average Bonchev–Trinajstić information content (AvgIpc) is 2.30. The molecule has 0 fully saturated rings. The molecular weight excluding hydrogens is 233 g/mol. The maximum Gasteiger partial charge on any atom is 0.216 e. The number of rotatable bonds is 5. The van der Waals surface area contributed by atoms with Crippen molar-refractivity contribution in [3.05, 3.63) is 41.2 Å². The van der Waals surface area contributed by atoms with Gasteiger partial charge in [0.05, 0.1) is 0 Å². The molecule has 0 aliphatic heterocycles. The van der Waals surface area contributed by atoms with Crippen LogP contribution in [0, 0.1) is 5.82 Å². The van der Waals surface area contributed by atoms with E-state index in [0.717, 1.165) is 0 Å². The van der Waals surface area contributed by atoms with E-state index in [1.54, 1.807) is 12.2 Å². The molecule has 1 N–H and O–H groups in total. The van der Waals surface area contributed by atoms with Gasteiger partial charge in [0.15, 0.2) is 5.78 Å². The number of benzene rings is 1. The third-order valence-electron chi connectivity index (χ3n) is 2.38. The first kappa shape index (κ1) is 14.1. The number of nitrogens with one attached hydrogen (secondary N) is 1. The van der Waals surface area contributed by atoms with Crippen LogP contribution in [0.15, 0.2) is 24.3 Å². The second-order valence-electron chi connectivity index (χ2n) is 3.97. The van der Waals surface area contributed by atoms with Gasteiger partial charge in [0.1, 0.15) is 5.82 Å². The molecule has 0 atom stereocenters. The lowest BCUT2D eigenvalue weighted by molar-refractivity contribution is -0.118. The van der Waals surface area contributed by atoms with Crippen LogP contribution in [0.25, 0.3) is 6.08 Å². The fourth-order valence-corrected chi connectivity index (χ4v) is 1.43. The second kappa shape index (κ2) is 6.69. The molecule has 0 saturated carbocycles. The van der Waals surface area contributed by atoms with E-state index < -0.39 is 0 Å². The summed E-state index contributed by atoms with van der Waals surface area (Å²) in [4.78, 5) is 21.8. The van der Waals surface area contributed by atoms with Gasteiger partial charge >= 0.3 is 0 Å². The minimum absolute atomic E-state index is 0.0897. The highest BCUT2D eigenvalue weighted by atomic mass is 19.1. The molecule has 18 heavy (non-hydrogen) atoms. The molecule has 1 rings (SSSR count). The number of carbonyl (C=O) groups is 2. The SMILES string of the molecule is CC(=O)NCCC=Cc1cc(C(C)=O)ccc1F. The highest BCUT2D eigenvalue weighted by molar-refractivity contribution is 5.94. The molecule has 3 nitrogen and oxygen atoms in total. The standard InChI is InChI=1S/C14H16FNO2/c1-10(17)12-6-7-14(15)13(9-12)5-3-4-8-16-11(2)18/h3,5-7,9H,4,8H2,1-2H3,(H,16,18). The van der Waals surface area contributed by atoms with E-state index >= 15 is 0 Å². The van der Waals surface area contributed by atoms with Gasteiger partial charge in [-0.2, -0.15) is 0 Å². The summed E-state index contributed by atoms with van der Waals surface area (Å²) in [6.07, 6.45) is 3.99. The molecule has 0 saturated heterocycles. The van der Waals surface area contributed by atoms with Crippen molar-refractivity contribution in [3.8, 4) is 0 Å². The Morgan fingerprint density at radius 1 is 1.33 bits per heavy atom. The molecule has 1 amide bonds. The summed E-state index contributed by atoms with van der Waals surface area (Å²) in [6.45, 7) is 3.40. The van der Waals surface area contributed by atoms with Gasteiger partial charge in [0.2, 0.25) is 5.91 Å². The number of Topliss-reactive ketones (excluding diaryl/α,β-unsaturated/α-hetero) is 1. The Balaban J connectivity index is 2.65. The van der Waals surface area contributed by atoms with Gasteiger partial charge in [-0.1, -0.05) is 12.2 Å².